The van der Waals surface area contributed by atoms with Crippen molar-refractivity contribution in [3.05, 3.63) is 46.0 Å². The Balaban J connectivity index is 1.50. The molecule has 0 N–H and O–H groups in total. The van der Waals surface area contributed by atoms with Gasteiger partial charge in [-0.05, 0) is 61.4 Å². The van der Waals surface area contributed by atoms with Crippen LogP contribution in [0, 0.1) is 0 Å². The van der Waals surface area contributed by atoms with Gasteiger partial charge in [0.25, 0.3) is 11.1 Å². The molecule has 2 aliphatic heterocycles. The predicted molar refractivity (Wildman–Crippen MR) is 119 cm³/mol. The first-order valence-corrected chi connectivity index (χ1v) is 11.1. The Bertz CT molecular complexity index is 1060. The first-order valence-electron chi connectivity index (χ1n) is 9.93. The van der Waals surface area contributed by atoms with Crippen molar-refractivity contribution in [3.8, 4) is 17.1 Å². The highest BCUT2D eigenvalue weighted by Gasteiger charge is 2.37. The van der Waals surface area contributed by atoms with E-state index in [1.54, 1.807) is 42.3 Å². The molecule has 3 heterocycles. The molecule has 162 valence electrons. The summed E-state index contributed by atoms with van der Waals surface area (Å²) in [6, 6.07) is 8.62. The summed E-state index contributed by atoms with van der Waals surface area (Å²) in [7, 11) is 1.55. The van der Waals surface area contributed by atoms with Gasteiger partial charge in [0.2, 0.25) is 5.91 Å². The molecule has 1 aromatic carbocycles. The average molecular weight is 461 g/mol. The van der Waals surface area contributed by atoms with Crippen molar-refractivity contribution < 1.29 is 23.5 Å². The molecule has 7 nitrogen and oxygen atoms in total. The molecule has 4 rings (SSSR count). The number of amides is 3. The van der Waals surface area contributed by atoms with E-state index in [2.05, 4.69) is 0 Å². The quantitative estimate of drug-likeness (QED) is 0.604. The van der Waals surface area contributed by atoms with Gasteiger partial charge in [-0.3, -0.25) is 19.3 Å². The SMILES string of the molecule is COc1ccc(Cl)cc1-c1ccc(/C=C2\SC(=O)N(CC(=O)N3CCCCC3)C2=O)o1. The second-order valence-electron chi connectivity index (χ2n) is 7.26. The van der Waals surface area contributed by atoms with Crippen LogP contribution in [-0.4, -0.2) is 53.6 Å². The number of nitrogens with zero attached hydrogens (tertiary/aromatic N) is 2. The summed E-state index contributed by atoms with van der Waals surface area (Å²) in [6.45, 7) is 1.12. The zero-order valence-corrected chi connectivity index (χ0v) is 18.5. The minimum Gasteiger partial charge on any atom is -0.496 e. The van der Waals surface area contributed by atoms with Gasteiger partial charge in [-0.15, -0.1) is 0 Å². The fourth-order valence-electron chi connectivity index (χ4n) is 3.59. The maximum atomic E-state index is 12.7. The summed E-state index contributed by atoms with van der Waals surface area (Å²) in [5.74, 6) is 0.840. The average Bonchev–Trinajstić information content (AvgIpc) is 3.34. The van der Waals surface area contributed by atoms with Crippen molar-refractivity contribution in [2.75, 3.05) is 26.7 Å². The fraction of sp³-hybridized carbons (Fsp3) is 0.318. The van der Waals surface area contributed by atoms with E-state index in [0.717, 1.165) is 35.9 Å². The number of thioether (sulfide) groups is 1. The van der Waals surface area contributed by atoms with Gasteiger partial charge in [0.1, 0.15) is 23.8 Å². The van der Waals surface area contributed by atoms with Gasteiger partial charge in [0.15, 0.2) is 0 Å². The Morgan fingerprint density at radius 2 is 1.97 bits per heavy atom. The first-order chi connectivity index (χ1) is 15.0. The summed E-state index contributed by atoms with van der Waals surface area (Å²) < 4.78 is 11.2. The van der Waals surface area contributed by atoms with Crippen LogP contribution >= 0.6 is 23.4 Å². The van der Waals surface area contributed by atoms with Gasteiger partial charge in [-0.2, -0.15) is 0 Å². The highest BCUT2D eigenvalue weighted by atomic mass is 35.5. The van der Waals surface area contributed by atoms with Crippen molar-refractivity contribution in [1.29, 1.82) is 0 Å². The van der Waals surface area contributed by atoms with Gasteiger partial charge < -0.3 is 14.1 Å². The number of rotatable bonds is 5. The molecule has 1 aromatic heterocycles. The number of methoxy groups -OCH3 is 1. The lowest BCUT2D eigenvalue weighted by Gasteiger charge is -2.27. The molecule has 0 radical (unpaired) electrons. The molecule has 0 spiro atoms. The molecule has 0 unspecified atom stereocenters. The van der Waals surface area contributed by atoms with Crippen LogP contribution in [0.15, 0.2) is 39.7 Å². The number of carbonyl (C=O) groups excluding carboxylic acids is 3. The van der Waals surface area contributed by atoms with E-state index in [-0.39, 0.29) is 17.4 Å². The number of piperidine rings is 1. The number of hydrogen-bond acceptors (Lipinski definition) is 6. The van der Waals surface area contributed by atoms with Crippen molar-refractivity contribution in [2.24, 2.45) is 0 Å². The number of ether oxygens (including phenoxy) is 1. The number of carbonyl (C=O) groups is 3. The molecule has 0 saturated carbocycles. The first kappa shape index (κ1) is 21.5. The standard InChI is InChI=1S/C22H21ClN2O5S/c1-29-17-7-5-14(23)11-16(17)18-8-6-15(30-18)12-19-21(27)25(22(28)31-19)13-20(26)24-9-3-2-4-10-24/h5-8,11-12H,2-4,9-10,13H2,1H3/b19-12-. The summed E-state index contributed by atoms with van der Waals surface area (Å²) in [4.78, 5) is 40.5. The van der Waals surface area contributed by atoms with Gasteiger partial charge in [-0.25, -0.2) is 0 Å². The number of furan rings is 1. The normalized spacial score (nSPS) is 18.2. The lowest BCUT2D eigenvalue weighted by Crippen LogP contribution is -2.44. The van der Waals surface area contributed by atoms with Crippen LogP contribution in [0.2, 0.25) is 5.02 Å². The van der Waals surface area contributed by atoms with E-state index in [0.29, 0.717) is 40.9 Å². The lowest BCUT2D eigenvalue weighted by molar-refractivity contribution is -0.136. The summed E-state index contributed by atoms with van der Waals surface area (Å²) in [5, 5.41) is 0.0816. The van der Waals surface area contributed by atoms with E-state index >= 15 is 0 Å². The Hall–Kier alpha value is -2.71. The number of imide groups is 1. The third-order valence-electron chi connectivity index (χ3n) is 5.20. The molecule has 2 aromatic rings. The topological polar surface area (TPSA) is 80.1 Å². The van der Waals surface area contributed by atoms with Crippen molar-refractivity contribution in [3.63, 3.8) is 0 Å². The number of hydrogen-bond donors (Lipinski definition) is 0. The molecule has 2 saturated heterocycles. The maximum absolute atomic E-state index is 12.7. The number of likely N-dealkylation sites (tertiary alicyclic amines) is 1. The Morgan fingerprint density at radius 3 is 2.71 bits per heavy atom. The zero-order chi connectivity index (χ0) is 22.0. The van der Waals surface area contributed by atoms with Crippen molar-refractivity contribution in [1.82, 2.24) is 9.80 Å². The number of halogens is 1. The van der Waals surface area contributed by atoms with E-state index in [4.69, 9.17) is 20.8 Å². The van der Waals surface area contributed by atoms with E-state index in [1.807, 2.05) is 0 Å². The van der Waals surface area contributed by atoms with Gasteiger partial charge in [0.05, 0.1) is 17.6 Å². The van der Waals surface area contributed by atoms with Gasteiger partial charge in [-0.1, -0.05) is 11.6 Å². The molecule has 0 aliphatic carbocycles. The molecule has 2 fully saturated rings. The highest BCUT2D eigenvalue weighted by molar-refractivity contribution is 8.18. The summed E-state index contributed by atoms with van der Waals surface area (Å²) in [5.41, 5.74) is 0.676. The van der Waals surface area contributed by atoms with Crippen LogP contribution in [0.1, 0.15) is 25.0 Å². The second kappa shape index (κ2) is 9.20. The van der Waals surface area contributed by atoms with E-state index in [1.165, 1.54) is 6.08 Å². The molecule has 0 bridgehead atoms. The van der Waals surface area contributed by atoms with Crippen LogP contribution in [0.5, 0.6) is 5.75 Å². The molecular formula is C22H21ClN2O5S. The fourth-order valence-corrected chi connectivity index (χ4v) is 4.58. The molecule has 0 atom stereocenters. The van der Waals surface area contributed by atoms with Gasteiger partial charge in [0, 0.05) is 24.2 Å². The van der Waals surface area contributed by atoms with Crippen molar-refractivity contribution in [2.45, 2.75) is 19.3 Å². The molecule has 3 amide bonds. The second-order valence-corrected chi connectivity index (χ2v) is 8.69. The Morgan fingerprint density at radius 1 is 1.19 bits per heavy atom. The molecular weight excluding hydrogens is 440 g/mol. The zero-order valence-electron chi connectivity index (χ0n) is 16.9. The Labute approximate surface area is 189 Å². The molecule has 9 heteroatoms. The smallest absolute Gasteiger partial charge is 0.294 e. The monoisotopic (exact) mass is 460 g/mol. The van der Waals surface area contributed by atoms with Crippen LogP contribution in [-0.2, 0) is 9.59 Å². The van der Waals surface area contributed by atoms with E-state index in [9.17, 15) is 14.4 Å². The van der Waals surface area contributed by atoms with Crippen molar-refractivity contribution >= 4 is 46.5 Å². The van der Waals surface area contributed by atoms with Crippen LogP contribution in [0.3, 0.4) is 0 Å². The van der Waals surface area contributed by atoms with Gasteiger partial charge >= 0.3 is 0 Å². The lowest BCUT2D eigenvalue weighted by atomic mass is 10.1. The van der Waals surface area contributed by atoms with E-state index < -0.39 is 11.1 Å². The van der Waals surface area contributed by atoms with Crippen LogP contribution < -0.4 is 4.74 Å². The highest BCUT2D eigenvalue weighted by Crippen LogP contribution is 2.36. The maximum Gasteiger partial charge on any atom is 0.294 e. The predicted octanol–water partition coefficient (Wildman–Crippen LogP) is 4.66. The minimum atomic E-state index is -0.487. The third kappa shape index (κ3) is 4.65. The Kier molecular flexibility index (Phi) is 6.38. The largest absolute Gasteiger partial charge is 0.496 e. The summed E-state index contributed by atoms with van der Waals surface area (Å²) >= 11 is 6.89. The van der Waals surface area contributed by atoms with Crippen LogP contribution in [0.4, 0.5) is 4.79 Å². The van der Waals surface area contributed by atoms with Crippen LogP contribution in [0.25, 0.3) is 17.4 Å². The molecule has 2 aliphatic rings. The summed E-state index contributed by atoms with van der Waals surface area (Å²) in [6.07, 6.45) is 4.51. The third-order valence-corrected chi connectivity index (χ3v) is 6.35. The minimum absolute atomic E-state index is 0.198. The molecule has 31 heavy (non-hydrogen) atoms. The number of benzene rings is 1.